The van der Waals surface area contributed by atoms with Crippen LogP contribution in [0.15, 0.2) is 24.3 Å². The molecule has 0 saturated heterocycles. The number of hydrogen-bond donors (Lipinski definition) is 1. The zero-order valence-electron chi connectivity index (χ0n) is 8.90. The van der Waals surface area contributed by atoms with E-state index in [9.17, 15) is 0 Å². The highest BCUT2D eigenvalue weighted by Gasteiger charge is 2.11. The maximum atomic E-state index is 5.11. The van der Waals surface area contributed by atoms with Crippen LogP contribution in [0, 0.1) is 0 Å². The molecule has 0 bridgehead atoms. The van der Waals surface area contributed by atoms with Crippen molar-refractivity contribution in [1.82, 2.24) is 4.90 Å². The summed E-state index contributed by atoms with van der Waals surface area (Å²) in [7, 11) is 5.80. The monoisotopic (exact) mass is 211 g/mol. The Kier molecular flexibility index (Phi) is 4.29. The molecule has 0 aliphatic carbocycles. The van der Waals surface area contributed by atoms with Gasteiger partial charge in [-0.3, -0.25) is 0 Å². The Morgan fingerprint density at radius 2 is 1.86 bits per heavy atom. The molecule has 3 heteroatoms. The lowest BCUT2D eigenvalue weighted by atomic mass is 10.1. The van der Waals surface area contributed by atoms with Crippen LogP contribution in [-0.4, -0.2) is 31.9 Å². The third-order valence-corrected chi connectivity index (χ3v) is 2.64. The van der Waals surface area contributed by atoms with Gasteiger partial charge in [-0.1, -0.05) is 12.1 Å². The SMILES string of the molecule is COc1ccc(C(CS)N(C)C)cc1. The molecule has 0 saturated carbocycles. The van der Waals surface area contributed by atoms with Crippen molar-refractivity contribution in [3.05, 3.63) is 29.8 Å². The quantitative estimate of drug-likeness (QED) is 0.767. The summed E-state index contributed by atoms with van der Waals surface area (Å²) in [5.41, 5.74) is 1.27. The summed E-state index contributed by atoms with van der Waals surface area (Å²) < 4.78 is 5.11. The predicted molar refractivity (Wildman–Crippen MR) is 63.3 cm³/mol. The minimum absolute atomic E-state index is 0.365. The van der Waals surface area contributed by atoms with Crippen LogP contribution in [-0.2, 0) is 0 Å². The van der Waals surface area contributed by atoms with Crippen molar-refractivity contribution >= 4 is 12.6 Å². The summed E-state index contributed by atoms with van der Waals surface area (Å²) in [6.07, 6.45) is 0. The molecule has 0 amide bonds. The lowest BCUT2D eigenvalue weighted by molar-refractivity contribution is 0.326. The lowest BCUT2D eigenvalue weighted by Gasteiger charge is -2.22. The van der Waals surface area contributed by atoms with Crippen LogP contribution < -0.4 is 4.74 Å². The molecule has 1 rings (SSSR count). The molecule has 0 fully saturated rings. The van der Waals surface area contributed by atoms with E-state index in [0.717, 1.165) is 11.5 Å². The summed E-state index contributed by atoms with van der Waals surface area (Å²) in [6, 6.07) is 8.49. The van der Waals surface area contributed by atoms with E-state index < -0.39 is 0 Å². The van der Waals surface area contributed by atoms with Crippen LogP contribution >= 0.6 is 12.6 Å². The van der Waals surface area contributed by atoms with Crippen LogP contribution in [0.2, 0.25) is 0 Å². The van der Waals surface area contributed by atoms with Gasteiger partial charge in [0.15, 0.2) is 0 Å². The van der Waals surface area contributed by atoms with Crippen molar-refractivity contribution in [2.45, 2.75) is 6.04 Å². The number of ether oxygens (including phenoxy) is 1. The van der Waals surface area contributed by atoms with Gasteiger partial charge in [0.25, 0.3) is 0 Å². The number of nitrogens with zero attached hydrogens (tertiary/aromatic N) is 1. The van der Waals surface area contributed by atoms with Crippen LogP contribution in [0.4, 0.5) is 0 Å². The van der Waals surface area contributed by atoms with Gasteiger partial charge in [0.1, 0.15) is 5.75 Å². The Hall–Kier alpha value is -0.670. The molecule has 14 heavy (non-hydrogen) atoms. The average Bonchev–Trinajstić information content (AvgIpc) is 2.19. The van der Waals surface area contributed by atoms with Crippen molar-refractivity contribution in [3.8, 4) is 5.75 Å². The largest absolute Gasteiger partial charge is 0.497 e. The molecule has 78 valence electrons. The fourth-order valence-electron chi connectivity index (χ4n) is 1.39. The lowest BCUT2D eigenvalue weighted by Crippen LogP contribution is -2.21. The summed E-state index contributed by atoms with van der Waals surface area (Å²) in [5, 5.41) is 0. The molecular weight excluding hydrogens is 194 g/mol. The molecular formula is C11H17NOS. The number of hydrogen-bond acceptors (Lipinski definition) is 3. The first kappa shape index (κ1) is 11.4. The van der Waals surface area contributed by atoms with Gasteiger partial charge >= 0.3 is 0 Å². The average molecular weight is 211 g/mol. The molecule has 2 nitrogen and oxygen atoms in total. The second-order valence-electron chi connectivity index (χ2n) is 3.44. The molecule has 0 heterocycles. The second-order valence-corrected chi connectivity index (χ2v) is 3.80. The van der Waals surface area contributed by atoms with Gasteiger partial charge in [-0.15, -0.1) is 0 Å². The smallest absolute Gasteiger partial charge is 0.118 e. The Morgan fingerprint density at radius 1 is 1.29 bits per heavy atom. The Balaban J connectivity index is 2.84. The minimum atomic E-state index is 0.365. The molecule has 0 aliphatic rings. The fourth-order valence-corrected chi connectivity index (χ4v) is 1.93. The first-order valence-corrected chi connectivity index (χ1v) is 5.23. The van der Waals surface area contributed by atoms with Crippen molar-refractivity contribution < 1.29 is 4.74 Å². The van der Waals surface area contributed by atoms with Gasteiger partial charge in [-0.25, -0.2) is 0 Å². The Morgan fingerprint density at radius 3 is 2.21 bits per heavy atom. The molecule has 0 radical (unpaired) electrons. The summed E-state index contributed by atoms with van der Waals surface area (Å²) in [4.78, 5) is 2.16. The fraction of sp³-hybridized carbons (Fsp3) is 0.455. The number of methoxy groups -OCH3 is 1. The van der Waals surface area contributed by atoms with Gasteiger partial charge < -0.3 is 9.64 Å². The van der Waals surface area contributed by atoms with Crippen molar-refractivity contribution in [2.75, 3.05) is 27.0 Å². The maximum absolute atomic E-state index is 5.11. The normalized spacial score (nSPS) is 12.9. The number of benzene rings is 1. The van der Waals surface area contributed by atoms with Gasteiger partial charge in [-0.2, -0.15) is 12.6 Å². The number of rotatable bonds is 4. The topological polar surface area (TPSA) is 12.5 Å². The molecule has 0 spiro atoms. The minimum Gasteiger partial charge on any atom is -0.497 e. The van der Waals surface area contributed by atoms with Gasteiger partial charge in [0, 0.05) is 11.8 Å². The predicted octanol–water partition coefficient (Wildman–Crippen LogP) is 2.23. The van der Waals surface area contributed by atoms with Gasteiger partial charge in [0.2, 0.25) is 0 Å². The second kappa shape index (κ2) is 5.27. The van der Waals surface area contributed by atoms with Crippen molar-refractivity contribution in [3.63, 3.8) is 0 Å². The Labute approximate surface area is 91.3 Å². The van der Waals surface area contributed by atoms with E-state index in [1.807, 2.05) is 12.1 Å². The molecule has 1 aromatic carbocycles. The first-order chi connectivity index (χ1) is 6.69. The van der Waals surface area contributed by atoms with E-state index in [-0.39, 0.29) is 0 Å². The molecule has 0 aromatic heterocycles. The van der Waals surface area contributed by atoms with E-state index in [4.69, 9.17) is 4.74 Å². The van der Waals surface area contributed by atoms with Gasteiger partial charge in [-0.05, 0) is 31.8 Å². The molecule has 1 unspecified atom stereocenters. The Bertz CT molecular complexity index is 271. The van der Waals surface area contributed by atoms with E-state index in [1.165, 1.54) is 5.56 Å². The number of thiol groups is 1. The highest BCUT2D eigenvalue weighted by Crippen LogP contribution is 2.21. The summed E-state index contributed by atoms with van der Waals surface area (Å²) in [6.45, 7) is 0. The van der Waals surface area contributed by atoms with Crippen LogP contribution in [0.5, 0.6) is 5.75 Å². The molecule has 1 aromatic rings. The third kappa shape index (κ3) is 2.66. The van der Waals surface area contributed by atoms with E-state index >= 15 is 0 Å². The zero-order chi connectivity index (χ0) is 10.6. The first-order valence-electron chi connectivity index (χ1n) is 4.60. The van der Waals surface area contributed by atoms with Crippen molar-refractivity contribution in [1.29, 1.82) is 0 Å². The van der Waals surface area contributed by atoms with E-state index in [1.54, 1.807) is 7.11 Å². The van der Waals surface area contributed by atoms with Crippen LogP contribution in [0.25, 0.3) is 0 Å². The highest BCUT2D eigenvalue weighted by molar-refractivity contribution is 7.80. The summed E-state index contributed by atoms with van der Waals surface area (Å²) >= 11 is 4.34. The van der Waals surface area contributed by atoms with Crippen LogP contribution in [0.1, 0.15) is 11.6 Å². The molecule has 0 aliphatic heterocycles. The van der Waals surface area contributed by atoms with E-state index in [2.05, 4.69) is 43.8 Å². The third-order valence-electron chi connectivity index (χ3n) is 2.30. The van der Waals surface area contributed by atoms with E-state index in [0.29, 0.717) is 6.04 Å². The zero-order valence-corrected chi connectivity index (χ0v) is 9.79. The standard InChI is InChI=1S/C11H17NOS/c1-12(2)11(8-14)9-4-6-10(13-3)7-5-9/h4-7,11,14H,8H2,1-3H3. The highest BCUT2D eigenvalue weighted by atomic mass is 32.1. The maximum Gasteiger partial charge on any atom is 0.118 e. The molecule has 0 N–H and O–H groups in total. The van der Waals surface area contributed by atoms with Gasteiger partial charge in [0.05, 0.1) is 7.11 Å². The van der Waals surface area contributed by atoms with Crippen LogP contribution in [0.3, 0.4) is 0 Å². The summed E-state index contributed by atoms with van der Waals surface area (Å²) in [5.74, 6) is 1.71. The van der Waals surface area contributed by atoms with Crippen molar-refractivity contribution in [2.24, 2.45) is 0 Å². The molecule has 1 atom stereocenters.